The van der Waals surface area contributed by atoms with E-state index in [1.807, 2.05) is 32.0 Å². The van der Waals surface area contributed by atoms with Crippen LogP contribution in [-0.4, -0.2) is 73.2 Å². The van der Waals surface area contributed by atoms with Gasteiger partial charge in [0.05, 0.1) is 19.2 Å². The summed E-state index contributed by atoms with van der Waals surface area (Å²) < 4.78 is 15.1. The summed E-state index contributed by atoms with van der Waals surface area (Å²) in [6.07, 6.45) is 0.651. The summed E-state index contributed by atoms with van der Waals surface area (Å²) in [6.45, 7) is 9.51. The zero-order valence-electron chi connectivity index (χ0n) is 23.5. The second-order valence-electron chi connectivity index (χ2n) is 10.1. The molecule has 1 fully saturated rings. The lowest BCUT2D eigenvalue weighted by atomic mass is 9.93. The molecule has 11 heteroatoms. The molecule has 3 N–H and O–H groups in total. The minimum Gasteiger partial charge on any atom is -0.385 e. The van der Waals surface area contributed by atoms with Crippen molar-refractivity contribution in [3.63, 3.8) is 0 Å². The van der Waals surface area contributed by atoms with E-state index in [-0.39, 0.29) is 37.0 Å². The third-order valence-corrected chi connectivity index (χ3v) is 5.91. The molecule has 1 saturated heterocycles. The number of methoxy groups -OCH3 is 1. The highest BCUT2D eigenvalue weighted by Crippen LogP contribution is 2.29. The van der Waals surface area contributed by atoms with Crippen LogP contribution >= 0.6 is 0 Å². The Morgan fingerprint density at radius 3 is 2.23 bits per heavy atom. The molecule has 2 heterocycles. The second-order valence-corrected chi connectivity index (χ2v) is 10.1. The van der Waals surface area contributed by atoms with Gasteiger partial charge in [0.25, 0.3) is 5.91 Å². The van der Waals surface area contributed by atoms with E-state index in [1.165, 1.54) is 18.7 Å². The molecule has 0 aliphatic carbocycles. The van der Waals surface area contributed by atoms with Gasteiger partial charge in [-0.05, 0) is 39.5 Å². The van der Waals surface area contributed by atoms with Crippen molar-refractivity contribution in [3.8, 4) is 0 Å². The van der Waals surface area contributed by atoms with Gasteiger partial charge in [0, 0.05) is 19.8 Å². The van der Waals surface area contributed by atoms with Crippen molar-refractivity contribution >= 4 is 23.5 Å². The lowest BCUT2D eigenvalue weighted by Gasteiger charge is -2.22. The fraction of sp³-hybridized carbons (Fsp3) is 0.536. The minimum atomic E-state index is -0.945. The molecule has 3 amide bonds. The quantitative estimate of drug-likeness (QED) is 0.324. The van der Waals surface area contributed by atoms with Crippen molar-refractivity contribution in [1.82, 2.24) is 21.1 Å². The number of nitrogens with one attached hydrogen (secondary N) is 3. The first-order valence-corrected chi connectivity index (χ1v) is 12.9. The van der Waals surface area contributed by atoms with E-state index in [2.05, 4.69) is 40.2 Å². The molecule has 0 bridgehead atoms. The number of carbonyl (C=O) groups is 4. The van der Waals surface area contributed by atoms with Gasteiger partial charge in [-0.1, -0.05) is 54.9 Å². The van der Waals surface area contributed by atoms with E-state index in [9.17, 15) is 19.2 Å². The van der Waals surface area contributed by atoms with Crippen molar-refractivity contribution in [1.29, 1.82) is 0 Å². The molecular weight excluding hydrogens is 504 g/mol. The van der Waals surface area contributed by atoms with Crippen LogP contribution in [0.5, 0.6) is 0 Å². The third-order valence-electron chi connectivity index (χ3n) is 5.91. The molecule has 1 aromatic heterocycles. The Hall–Kier alpha value is -3.57. The fourth-order valence-electron chi connectivity index (χ4n) is 3.60. The Balaban J connectivity index is 0.000000658. The van der Waals surface area contributed by atoms with Gasteiger partial charge in [0.15, 0.2) is 11.5 Å². The zero-order valence-corrected chi connectivity index (χ0v) is 23.5. The number of aromatic nitrogens is 1. The largest absolute Gasteiger partial charge is 0.385 e. The van der Waals surface area contributed by atoms with Gasteiger partial charge in [0.1, 0.15) is 17.4 Å². The van der Waals surface area contributed by atoms with Crippen LogP contribution in [0.15, 0.2) is 40.9 Å². The highest BCUT2D eigenvalue weighted by atomic mass is 16.6. The van der Waals surface area contributed by atoms with Crippen molar-refractivity contribution < 1.29 is 33.2 Å². The summed E-state index contributed by atoms with van der Waals surface area (Å²) in [5, 5.41) is 11.4. The molecule has 0 radical (unpaired) electrons. The van der Waals surface area contributed by atoms with Gasteiger partial charge in [-0.15, -0.1) is 0 Å². The molecular formula is C28H40N4O7. The molecule has 11 nitrogen and oxygen atoms in total. The van der Waals surface area contributed by atoms with Gasteiger partial charge in [-0.3, -0.25) is 19.2 Å². The number of benzene rings is 1. The smallest absolute Gasteiger partial charge is 0.274 e. The molecule has 0 spiro atoms. The third kappa shape index (κ3) is 11.0. The zero-order chi connectivity index (χ0) is 29.0. The molecule has 3 rings (SSSR count). The molecule has 39 heavy (non-hydrogen) atoms. The molecule has 2 aromatic rings. The molecule has 1 aliphatic heterocycles. The van der Waals surface area contributed by atoms with Crippen LogP contribution in [0, 0.1) is 19.8 Å². The number of nitrogens with zero attached hydrogens (tertiary/aromatic N) is 1. The second kappa shape index (κ2) is 15.1. The van der Waals surface area contributed by atoms with Crippen LogP contribution in [0.2, 0.25) is 0 Å². The molecule has 3 atom stereocenters. The van der Waals surface area contributed by atoms with E-state index >= 15 is 0 Å². The van der Waals surface area contributed by atoms with Crippen LogP contribution in [0.4, 0.5) is 0 Å². The Morgan fingerprint density at radius 1 is 1.08 bits per heavy atom. The number of amides is 3. The van der Waals surface area contributed by atoms with Crippen molar-refractivity contribution in [2.24, 2.45) is 5.92 Å². The Morgan fingerprint density at radius 2 is 1.74 bits per heavy atom. The predicted molar refractivity (Wildman–Crippen MR) is 144 cm³/mol. The Bertz CT molecular complexity index is 1100. The Kier molecular flexibility index (Phi) is 12.3. The fourth-order valence-corrected chi connectivity index (χ4v) is 3.60. The van der Waals surface area contributed by atoms with Crippen molar-refractivity contribution in [2.45, 2.75) is 65.1 Å². The number of aryl methyl sites for hydroxylation is 2. The SMILES string of the molecule is COCC[C@H](NC(=O)c1cc(C)on1)C(=O)NCC(=O)N[C@@H](CC(C)C)C(=O)[C@@]1(C)CO1.Cc1ccccc1. The molecule has 0 unspecified atom stereocenters. The average molecular weight is 545 g/mol. The number of ether oxygens (including phenoxy) is 2. The molecule has 1 aliphatic rings. The highest BCUT2D eigenvalue weighted by Gasteiger charge is 2.50. The van der Waals surface area contributed by atoms with Gasteiger partial charge in [0.2, 0.25) is 11.8 Å². The molecule has 1 aromatic carbocycles. The van der Waals surface area contributed by atoms with E-state index in [1.54, 1.807) is 13.8 Å². The van der Waals surface area contributed by atoms with E-state index in [0.717, 1.165) is 0 Å². The summed E-state index contributed by atoms with van der Waals surface area (Å²) >= 11 is 0. The number of Topliss-reactive ketones (excluding diaryl/α,β-unsaturated/α-hetero) is 1. The first-order valence-electron chi connectivity index (χ1n) is 12.9. The number of ketones is 1. The number of epoxide rings is 1. The summed E-state index contributed by atoms with van der Waals surface area (Å²) in [5.41, 5.74) is 0.509. The van der Waals surface area contributed by atoms with Gasteiger partial charge in [-0.2, -0.15) is 0 Å². The lowest BCUT2D eigenvalue weighted by molar-refractivity contribution is -0.131. The first kappa shape index (κ1) is 31.6. The summed E-state index contributed by atoms with van der Waals surface area (Å²) in [6, 6.07) is 10.1. The topological polar surface area (TPSA) is 152 Å². The normalized spacial score (nSPS) is 17.3. The first-order chi connectivity index (χ1) is 18.4. The van der Waals surface area contributed by atoms with Crippen molar-refractivity contribution in [2.75, 3.05) is 26.9 Å². The number of carbonyl (C=O) groups excluding carboxylic acids is 4. The number of rotatable bonds is 13. The maximum absolute atomic E-state index is 12.6. The predicted octanol–water partition coefficient (Wildman–Crippen LogP) is 2.12. The number of hydrogen-bond donors (Lipinski definition) is 3. The molecule has 214 valence electrons. The standard InChI is InChI=1S/C21H32N4O7.C7H8/c1-12(2)8-15(18(27)21(4)11-31-21)23-17(26)10-22-19(28)14(6-7-30-5)24-20(29)16-9-13(3)32-25-16;1-7-5-3-2-4-6-7/h9,12,14-15H,6-8,10-11H2,1-5H3,(H,22,28)(H,23,26)(H,24,29);2-6H,1H3/t14-,15-,21+;/m0./s1. The van der Waals surface area contributed by atoms with Crippen LogP contribution in [-0.2, 0) is 23.9 Å². The van der Waals surface area contributed by atoms with E-state index in [0.29, 0.717) is 18.8 Å². The van der Waals surface area contributed by atoms with Crippen LogP contribution in [0.25, 0.3) is 0 Å². The maximum Gasteiger partial charge on any atom is 0.274 e. The average Bonchev–Trinajstić information content (AvgIpc) is 3.50. The van der Waals surface area contributed by atoms with Crippen LogP contribution < -0.4 is 16.0 Å². The molecule has 0 saturated carbocycles. The van der Waals surface area contributed by atoms with E-state index < -0.39 is 35.4 Å². The van der Waals surface area contributed by atoms with E-state index in [4.69, 9.17) is 14.0 Å². The monoisotopic (exact) mass is 544 g/mol. The lowest BCUT2D eigenvalue weighted by Crippen LogP contribution is -2.52. The minimum absolute atomic E-state index is 0.0429. The van der Waals surface area contributed by atoms with Gasteiger partial charge in [-0.25, -0.2) is 0 Å². The van der Waals surface area contributed by atoms with Crippen molar-refractivity contribution in [3.05, 3.63) is 53.4 Å². The summed E-state index contributed by atoms with van der Waals surface area (Å²) in [5.74, 6) is -1.20. The Labute approximate surface area is 229 Å². The number of hydrogen-bond acceptors (Lipinski definition) is 8. The highest BCUT2D eigenvalue weighted by molar-refractivity contribution is 5.98. The summed E-state index contributed by atoms with van der Waals surface area (Å²) in [4.78, 5) is 50.0. The maximum atomic E-state index is 12.6. The van der Waals surface area contributed by atoms with Crippen LogP contribution in [0.1, 0.15) is 55.4 Å². The van der Waals surface area contributed by atoms with Gasteiger partial charge >= 0.3 is 0 Å². The summed E-state index contributed by atoms with van der Waals surface area (Å²) in [7, 11) is 1.47. The van der Waals surface area contributed by atoms with Gasteiger partial charge < -0.3 is 29.9 Å². The van der Waals surface area contributed by atoms with Crippen LogP contribution in [0.3, 0.4) is 0 Å².